The van der Waals surface area contributed by atoms with Crippen molar-refractivity contribution in [1.82, 2.24) is 10.2 Å². The summed E-state index contributed by atoms with van der Waals surface area (Å²) in [5.41, 5.74) is 0. The monoisotopic (exact) mass is 244 g/mol. The molecule has 1 atom stereocenters. The second-order valence-corrected chi connectivity index (χ2v) is 6.33. The highest BCUT2D eigenvalue weighted by Crippen LogP contribution is 2.14. The second-order valence-electron chi connectivity index (χ2n) is 5.10. The van der Waals surface area contributed by atoms with Crippen LogP contribution in [0.4, 0.5) is 0 Å². The fourth-order valence-electron chi connectivity index (χ4n) is 2.18. The molecule has 0 radical (unpaired) electrons. The van der Waals surface area contributed by atoms with Gasteiger partial charge in [0.2, 0.25) is 0 Å². The highest BCUT2D eigenvalue weighted by atomic mass is 32.2. The van der Waals surface area contributed by atoms with E-state index in [4.69, 9.17) is 0 Å². The average molecular weight is 244 g/mol. The molecular weight excluding hydrogens is 216 g/mol. The Morgan fingerprint density at radius 1 is 1.19 bits per heavy atom. The molecule has 1 N–H and O–H groups in total. The van der Waals surface area contributed by atoms with Crippen LogP contribution in [-0.4, -0.2) is 48.1 Å². The molecule has 0 amide bonds. The molecule has 1 aliphatic heterocycles. The molecule has 0 aromatic heterocycles. The first kappa shape index (κ1) is 14.3. The van der Waals surface area contributed by atoms with Crippen molar-refractivity contribution in [2.75, 3.05) is 31.1 Å². The Hall–Kier alpha value is 0.270. The van der Waals surface area contributed by atoms with Gasteiger partial charge in [-0.3, -0.25) is 4.90 Å². The molecule has 1 aliphatic rings. The van der Waals surface area contributed by atoms with Gasteiger partial charge in [-0.1, -0.05) is 13.8 Å². The molecule has 1 heterocycles. The van der Waals surface area contributed by atoms with Crippen LogP contribution in [0, 0.1) is 0 Å². The van der Waals surface area contributed by atoms with Gasteiger partial charge in [0.05, 0.1) is 0 Å². The standard InChI is InChI=1S/C13H28N2S/c1-12(2)14-7-4-6-13(3)15-8-5-10-16-11-9-15/h12-14H,4-11H2,1-3H3. The molecule has 0 saturated carbocycles. The molecule has 2 nitrogen and oxygen atoms in total. The van der Waals surface area contributed by atoms with E-state index in [0.29, 0.717) is 6.04 Å². The number of nitrogens with zero attached hydrogens (tertiary/aromatic N) is 1. The molecule has 0 aromatic rings. The molecule has 1 unspecified atom stereocenters. The first-order chi connectivity index (χ1) is 7.70. The van der Waals surface area contributed by atoms with Gasteiger partial charge in [-0.05, 0) is 45.0 Å². The summed E-state index contributed by atoms with van der Waals surface area (Å²) < 4.78 is 0. The third-order valence-corrected chi connectivity index (χ3v) is 4.28. The number of rotatable bonds is 6. The SMILES string of the molecule is CC(C)NCCCC(C)N1CCCSCC1. The Balaban J connectivity index is 2.10. The average Bonchev–Trinajstić information content (AvgIpc) is 2.52. The van der Waals surface area contributed by atoms with Gasteiger partial charge in [-0.15, -0.1) is 0 Å². The van der Waals surface area contributed by atoms with Gasteiger partial charge in [0, 0.05) is 24.4 Å². The summed E-state index contributed by atoms with van der Waals surface area (Å²) in [6, 6.07) is 1.40. The van der Waals surface area contributed by atoms with E-state index in [2.05, 4.69) is 42.7 Å². The molecule has 1 fully saturated rings. The van der Waals surface area contributed by atoms with Crippen LogP contribution in [0.1, 0.15) is 40.0 Å². The molecule has 0 aliphatic carbocycles. The fourth-order valence-corrected chi connectivity index (χ4v) is 3.08. The minimum Gasteiger partial charge on any atom is -0.315 e. The molecule has 0 aromatic carbocycles. The quantitative estimate of drug-likeness (QED) is 0.723. The zero-order valence-corrected chi connectivity index (χ0v) is 12.0. The minimum atomic E-state index is 0.630. The maximum Gasteiger partial charge on any atom is 0.00752 e. The zero-order valence-electron chi connectivity index (χ0n) is 11.2. The summed E-state index contributed by atoms with van der Waals surface area (Å²) in [5.74, 6) is 2.69. The van der Waals surface area contributed by atoms with Crippen molar-refractivity contribution in [2.45, 2.75) is 52.1 Å². The Labute approximate surface area is 106 Å². The lowest BCUT2D eigenvalue weighted by atomic mass is 10.1. The summed E-state index contributed by atoms with van der Waals surface area (Å²) >= 11 is 2.12. The molecular formula is C13H28N2S. The van der Waals surface area contributed by atoms with Gasteiger partial charge in [-0.2, -0.15) is 11.8 Å². The first-order valence-electron chi connectivity index (χ1n) is 6.75. The van der Waals surface area contributed by atoms with Crippen molar-refractivity contribution in [3.05, 3.63) is 0 Å². The normalized spacial score (nSPS) is 21.0. The Bertz CT molecular complexity index is 165. The maximum atomic E-state index is 3.49. The number of thioether (sulfide) groups is 1. The van der Waals surface area contributed by atoms with Crippen molar-refractivity contribution in [2.24, 2.45) is 0 Å². The highest BCUT2D eigenvalue weighted by molar-refractivity contribution is 7.99. The predicted molar refractivity (Wildman–Crippen MR) is 75.3 cm³/mol. The van der Waals surface area contributed by atoms with Crippen molar-refractivity contribution < 1.29 is 0 Å². The Morgan fingerprint density at radius 3 is 2.75 bits per heavy atom. The van der Waals surface area contributed by atoms with E-state index in [1.54, 1.807) is 0 Å². The van der Waals surface area contributed by atoms with Crippen LogP contribution in [0.15, 0.2) is 0 Å². The summed E-state index contributed by atoms with van der Waals surface area (Å²) in [6.07, 6.45) is 4.02. The third kappa shape index (κ3) is 6.12. The molecule has 16 heavy (non-hydrogen) atoms. The van der Waals surface area contributed by atoms with Gasteiger partial charge in [0.1, 0.15) is 0 Å². The van der Waals surface area contributed by atoms with E-state index >= 15 is 0 Å². The summed E-state index contributed by atoms with van der Waals surface area (Å²) in [5, 5.41) is 3.49. The number of hydrogen-bond acceptors (Lipinski definition) is 3. The molecule has 3 heteroatoms. The lowest BCUT2D eigenvalue weighted by Gasteiger charge is -2.27. The van der Waals surface area contributed by atoms with Crippen LogP contribution in [0.25, 0.3) is 0 Å². The largest absolute Gasteiger partial charge is 0.315 e. The van der Waals surface area contributed by atoms with E-state index in [-0.39, 0.29) is 0 Å². The Kier molecular flexibility index (Phi) is 7.50. The number of nitrogens with one attached hydrogen (secondary N) is 1. The van der Waals surface area contributed by atoms with E-state index in [0.717, 1.165) is 6.04 Å². The number of hydrogen-bond donors (Lipinski definition) is 1. The van der Waals surface area contributed by atoms with Crippen LogP contribution in [0.5, 0.6) is 0 Å². The minimum absolute atomic E-state index is 0.630. The van der Waals surface area contributed by atoms with E-state index < -0.39 is 0 Å². The van der Waals surface area contributed by atoms with E-state index in [1.807, 2.05) is 0 Å². The predicted octanol–water partition coefficient (Wildman–Crippen LogP) is 2.59. The smallest absolute Gasteiger partial charge is 0.00752 e. The molecule has 1 rings (SSSR count). The van der Waals surface area contributed by atoms with Crippen LogP contribution in [0.3, 0.4) is 0 Å². The van der Waals surface area contributed by atoms with Crippen LogP contribution in [-0.2, 0) is 0 Å². The van der Waals surface area contributed by atoms with Crippen molar-refractivity contribution >= 4 is 11.8 Å². The van der Waals surface area contributed by atoms with E-state index in [9.17, 15) is 0 Å². The van der Waals surface area contributed by atoms with Crippen molar-refractivity contribution in [1.29, 1.82) is 0 Å². The van der Waals surface area contributed by atoms with Gasteiger partial charge >= 0.3 is 0 Å². The summed E-state index contributed by atoms with van der Waals surface area (Å²) in [6.45, 7) is 10.6. The van der Waals surface area contributed by atoms with Crippen LogP contribution in [0.2, 0.25) is 0 Å². The third-order valence-electron chi connectivity index (χ3n) is 3.23. The summed E-state index contributed by atoms with van der Waals surface area (Å²) in [7, 11) is 0. The second kappa shape index (κ2) is 8.37. The fraction of sp³-hybridized carbons (Fsp3) is 1.00. The van der Waals surface area contributed by atoms with Gasteiger partial charge < -0.3 is 5.32 Å². The van der Waals surface area contributed by atoms with Crippen molar-refractivity contribution in [3.8, 4) is 0 Å². The van der Waals surface area contributed by atoms with Crippen molar-refractivity contribution in [3.63, 3.8) is 0 Å². The van der Waals surface area contributed by atoms with Crippen LogP contribution < -0.4 is 5.32 Å². The lowest BCUT2D eigenvalue weighted by molar-refractivity contribution is 0.212. The van der Waals surface area contributed by atoms with Gasteiger partial charge in [-0.25, -0.2) is 0 Å². The first-order valence-corrected chi connectivity index (χ1v) is 7.91. The highest BCUT2D eigenvalue weighted by Gasteiger charge is 2.15. The van der Waals surface area contributed by atoms with E-state index in [1.165, 1.54) is 50.4 Å². The molecule has 1 saturated heterocycles. The lowest BCUT2D eigenvalue weighted by Crippen LogP contribution is -2.35. The maximum absolute atomic E-state index is 3.49. The molecule has 96 valence electrons. The molecule has 0 bridgehead atoms. The van der Waals surface area contributed by atoms with Gasteiger partial charge in [0.15, 0.2) is 0 Å². The van der Waals surface area contributed by atoms with Crippen LogP contribution >= 0.6 is 11.8 Å². The Morgan fingerprint density at radius 2 is 2.00 bits per heavy atom. The van der Waals surface area contributed by atoms with Gasteiger partial charge in [0.25, 0.3) is 0 Å². The molecule has 0 spiro atoms. The summed E-state index contributed by atoms with van der Waals surface area (Å²) in [4.78, 5) is 2.68. The zero-order chi connectivity index (χ0) is 11.8. The topological polar surface area (TPSA) is 15.3 Å².